The van der Waals surface area contributed by atoms with Gasteiger partial charge in [0.15, 0.2) is 0 Å². The lowest BCUT2D eigenvalue weighted by Crippen LogP contribution is -1.84. The lowest BCUT2D eigenvalue weighted by Gasteiger charge is -2.08. The maximum absolute atomic E-state index is 4.09. The van der Waals surface area contributed by atoms with Crippen LogP contribution >= 0.6 is 0 Å². The largest absolute Gasteiger partial charge is 0.0622 e. The van der Waals surface area contributed by atoms with E-state index < -0.39 is 0 Å². The Morgan fingerprint density at radius 3 is 1.32 bits per heavy atom. The van der Waals surface area contributed by atoms with Crippen molar-refractivity contribution in [3.63, 3.8) is 0 Å². The first kappa shape index (κ1) is 11.7. The molecule has 3 aromatic carbocycles. The molecule has 0 aliphatic carbocycles. The van der Waals surface area contributed by atoms with Gasteiger partial charge >= 0.3 is 0 Å². The molecule has 0 aliphatic rings. The fraction of sp³-hybridized carbons (Fsp3) is 0. The highest BCUT2D eigenvalue weighted by Gasteiger charge is 2.02. The minimum Gasteiger partial charge on any atom is -0.0622 e. The summed E-state index contributed by atoms with van der Waals surface area (Å²) in [4.78, 5) is 0. The molecule has 91 valence electrons. The summed E-state index contributed by atoms with van der Waals surface area (Å²) in [6.45, 7) is 4.09. The summed E-state index contributed by atoms with van der Waals surface area (Å²) in [5.41, 5.74) is 5.93. The quantitative estimate of drug-likeness (QED) is 0.580. The van der Waals surface area contributed by atoms with Crippen LogP contribution in [0.3, 0.4) is 0 Å². The average Bonchev–Trinajstić information content (AvgIpc) is 2.48. The monoisotopic (exact) mass is 243 g/mol. The summed E-state index contributed by atoms with van der Waals surface area (Å²) in [5, 5.41) is 0. The number of hydrogen-bond acceptors (Lipinski definition) is 0. The van der Waals surface area contributed by atoms with Crippen LogP contribution in [0.5, 0.6) is 0 Å². The Kier molecular flexibility index (Phi) is 3.16. The van der Waals surface area contributed by atoms with E-state index in [0.29, 0.717) is 0 Å². The van der Waals surface area contributed by atoms with Crippen molar-refractivity contribution in [2.75, 3.05) is 0 Å². The topological polar surface area (TPSA) is 0 Å². The molecule has 0 saturated heterocycles. The number of rotatable bonds is 2. The molecular formula is C19H15. The summed E-state index contributed by atoms with van der Waals surface area (Å²) in [7, 11) is 0. The van der Waals surface area contributed by atoms with E-state index in [1.807, 2.05) is 12.1 Å². The van der Waals surface area contributed by atoms with Crippen molar-refractivity contribution < 1.29 is 0 Å². The van der Waals surface area contributed by atoms with Gasteiger partial charge in [-0.3, -0.25) is 0 Å². The maximum Gasteiger partial charge on any atom is -0.0175 e. The van der Waals surface area contributed by atoms with Gasteiger partial charge < -0.3 is 0 Å². The van der Waals surface area contributed by atoms with E-state index in [1.165, 1.54) is 22.3 Å². The van der Waals surface area contributed by atoms with Gasteiger partial charge in [-0.1, -0.05) is 72.8 Å². The Bertz CT molecular complexity index is 609. The van der Waals surface area contributed by atoms with Crippen molar-refractivity contribution in [1.29, 1.82) is 0 Å². The third-order valence-electron chi connectivity index (χ3n) is 3.21. The molecule has 0 amide bonds. The van der Waals surface area contributed by atoms with Crippen molar-refractivity contribution in [1.82, 2.24) is 0 Å². The molecule has 3 rings (SSSR count). The zero-order valence-corrected chi connectivity index (χ0v) is 10.7. The average molecular weight is 243 g/mol. The SMILES string of the molecule is [CH2]c1cc(-c2ccccc2)cc(-c2ccccc2)c1. The van der Waals surface area contributed by atoms with E-state index >= 15 is 0 Å². The van der Waals surface area contributed by atoms with Gasteiger partial charge in [0.05, 0.1) is 0 Å². The van der Waals surface area contributed by atoms with Crippen LogP contribution in [-0.4, -0.2) is 0 Å². The van der Waals surface area contributed by atoms with E-state index in [4.69, 9.17) is 0 Å². The van der Waals surface area contributed by atoms with Crippen LogP contribution in [0.25, 0.3) is 22.3 Å². The second-order valence-electron chi connectivity index (χ2n) is 4.65. The Morgan fingerprint density at radius 1 is 0.474 bits per heavy atom. The van der Waals surface area contributed by atoms with Gasteiger partial charge in [0.1, 0.15) is 0 Å². The van der Waals surface area contributed by atoms with Gasteiger partial charge in [0.25, 0.3) is 0 Å². The Hall–Kier alpha value is -2.34. The van der Waals surface area contributed by atoms with Crippen molar-refractivity contribution in [3.8, 4) is 22.3 Å². The first-order chi connectivity index (χ1) is 9.33. The highest BCUT2D eigenvalue weighted by molar-refractivity contribution is 5.74. The van der Waals surface area contributed by atoms with Crippen molar-refractivity contribution >= 4 is 0 Å². The van der Waals surface area contributed by atoms with Crippen molar-refractivity contribution in [3.05, 3.63) is 91.3 Å². The lowest BCUT2D eigenvalue weighted by molar-refractivity contribution is 1.55. The van der Waals surface area contributed by atoms with Gasteiger partial charge in [-0.05, 0) is 40.8 Å². The first-order valence-electron chi connectivity index (χ1n) is 6.41. The van der Waals surface area contributed by atoms with Crippen LogP contribution in [0.2, 0.25) is 0 Å². The normalized spacial score (nSPS) is 10.4. The van der Waals surface area contributed by atoms with Crippen molar-refractivity contribution in [2.24, 2.45) is 0 Å². The molecule has 0 fully saturated rings. The van der Waals surface area contributed by atoms with Crippen LogP contribution in [0.15, 0.2) is 78.9 Å². The van der Waals surface area contributed by atoms with Crippen LogP contribution in [0.4, 0.5) is 0 Å². The fourth-order valence-electron chi connectivity index (χ4n) is 2.29. The minimum absolute atomic E-state index is 1.04. The molecule has 0 N–H and O–H groups in total. The molecule has 0 heterocycles. The molecule has 0 heteroatoms. The summed E-state index contributed by atoms with van der Waals surface area (Å²) in [6.07, 6.45) is 0. The van der Waals surface area contributed by atoms with E-state index in [9.17, 15) is 0 Å². The maximum atomic E-state index is 4.09. The summed E-state index contributed by atoms with van der Waals surface area (Å²) < 4.78 is 0. The first-order valence-corrected chi connectivity index (χ1v) is 6.41. The van der Waals surface area contributed by atoms with Gasteiger partial charge in [0, 0.05) is 0 Å². The Balaban J connectivity index is 2.12. The van der Waals surface area contributed by atoms with Gasteiger partial charge in [-0.25, -0.2) is 0 Å². The second kappa shape index (κ2) is 5.11. The molecule has 0 atom stereocenters. The predicted molar refractivity (Wildman–Crippen MR) is 81.8 cm³/mol. The molecule has 0 saturated carbocycles. The molecule has 0 aromatic heterocycles. The van der Waals surface area contributed by atoms with Gasteiger partial charge in [-0.15, -0.1) is 0 Å². The number of benzene rings is 3. The predicted octanol–water partition coefficient (Wildman–Crippen LogP) is 5.20. The Labute approximate surface area is 114 Å². The summed E-state index contributed by atoms with van der Waals surface area (Å²) in [6, 6.07) is 27.3. The fourth-order valence-corrected chi connectivity index (χ4v) is 2.29. The molecule has 1 radical (unpaired) electrons. The lowest BCUT2D eigenvalue weighted by atomic mass is 9.97. The highest BCUT2D eigenvalue weighted by atomic mass is 14.1. The van der Waals surface area contributed by atoms with Crippen LogP contribution in [0.1, 0.15) is 5.56 Å². The summed E-state index contributed by atoms with van der Waals surface area (Å²) in [5.74, 6) is 0. The molecule has 0 spiro atoms. The molecular weight excluding hydrogens is 228 g/mol. The summed E-state index contributed by atoms with van der Waals surface area (Å²) >= 11 is 0. The van der Waals surface area contributed by atoms with Crippen molar-refractivity contribution in [2.45, 2.75) is 0 Å². The molecule has 0 unspecified atom stereocenters. The zero-order valence-electron chi connectivity index (χ0n) is 10.7. The highest BCUT2D eigenvalue weighted by Crippen LogP contribution is 2.27. The molecule has 0 nitrogen and oxygen atoms in total. The molecule has 0 aliphatic heterocycles. The van der Waals surface area contributed by atoms with E-state index in [-0.39, 0.29) is 0 Å². The third-order valence-corrected chi connectivity index (χ3v) is 3.21. The molecule has 3 aromatic rings. The van der Waals surface area contributed by atoms with E-state index in [1.54, 1.807) is 0 Å². The third kappa shape index (κ3) is 2.58. The van der Waals surface area contributed by atoms with Crippen LogP contribution in [-0.2, 0) is 0 Å². The standard InChI is InChI=1S/C19H15/c1-15-12-18(16-8-4-2-5-9-16)14-19(13-15)17-10-6-3-7-11-17/h2-14H,1H2. The molecule has 0 bridgehead atoms. The Morgan fingerprint density at radius 2 is 0.895 bits per heavy atom. The molecule has 19 heavy (non-hydrogen) atoms. The van der Waals surface area contributed by atoms with E-state index in [2.05, 4.69) is 73.7 Å². The van der Waals surface area contributed by atoms with Gasteiger partial charge in [-0.2, -0.15) is 0 Å². The number of hydrogen-bond donors (Lipinski definition) is 0. The zero-order chi connectivity index (χ0) is 13.1. The van der Waals surface area contributed by atoms with Crippen LogP contribution < -0.4 is 0 Å². The van der Waals surface area contributed by atoms with E-state index in [0.717, 1.165) is 5.56 Å². The van der Waals surface area contributed by atoms with Crippen LogP contribution in [0, 0.1) is 6.92 Å². The smallest absolute Gasteiger partial charge is 0.0175 e. The minimum atomic E-state index is 1.04. The van der Waals surface area contributed by atoms with Gasteiger partial charge in [0.2, 0.25) is 0 Å². The second-order valence-corrected chi connectivity index (χ2v) is 4.65.